The van der Waals surface area contributed by atoms with Gasteiger partial charge in [-0.2, -0.15) is 0 Å². The predicted octanol–water partition coefficient (Wildman–Crippen LogP) is 14.9. The van der Waals surface area contributed by atoms with Crippen LogP contribution in [0.3, 0.4) is 0 Å². The molecule has 15 rings (SSSR count). The molecular formula is C58H33BN2O5. The second-order valence-corrected chi connectivity index (χ2v) is 17.2. The third-order valence-electron chi connectivity index (χ3n) is 13.5. The lowest BCUT2D eigenvalue weighted by Gasteiger charge is -2.46. The van der Waals surface area contributed by atoms with Gasteiger partial charge in [-0.15, -0.1) is 0 Å². The van der Waals surface area contributed by atoms with E-state index in [2.05, 4.69) is 149 Å². The first-order chi connectivity index (χ1) is 32.7. The summed E-state index contributed by atoms with van der Waals surface area (Å²) in [6.45, 7) is -0.342. The van der Waals surface area contributed by atoms with Crippen LogP contribution in [0.15, 0.2) is 205 Å². The van der Waals surface area contributed by atoms with Gasteiger partial charge in [-0.05, 0) is 117 Å². The molecular weight excluding hydrogens is 815 g/mol. The van der Waals surface area contributed by atoms with Crippen molar-refractivity contribution in [3.8, 4) is 68.2 Å². The predicted molar refractivity (Wildman–Crippen MR) is 264 cm³/mol. The van der Waals surface area contributed by atoms with Gasteiger partial charge in [0.1, 0.15) is 5.58 Å². The van der Waals surface area contributed by atoms with Gasteiger partial charge in [-0.25, -0.2) is 0 Å². The number of ether oxygens (including phenoxy) is 4. The van der Waals surface area contributed by atoms with Gasteiger partial charge in [0.05, 0.1) is 11.4 Å². The zero-order valence-electron chi connectivity index (χ0n) is 35.1. The molecule has 4 aliphatic heterocycles. The molecule has 66 heavy (non-hydrogen) atoms. The van der Waals surface area contributed by atoms with Crippen LogP contribution in [-0.4, -0.2) is 6.85 Å². The van der Waals surface area contributed by atoms with Gasteiger partial charge in [0.2, 0.25) is 0 Å². The molecule has 0 fully saturated rings. The van der Waals surface area contributed by atoms with E-state index in [9.17, 15) is 0 Å². The first kappa shape index (κ1) is 35.6. The SMILES string of the molecule is c1ccc(-c2ccc(N3B4c5cc6c(cc5N(c5ccc7c(c5)Oc5ccccc5O7)c5c4c(cc4c5oc5ccccc54)-c4cc5ccccc5cc43)Oc3ccccc3O6)cc2)cc1. The maximum Gasteiger partial charge on any atom is 0.333 e. The third kappa shape index (κ3) is 5.09. The molecule has 0 spiro atoms. The number of benzene rings is 10. The number of hydrogen-bond acceptors (Lipinski definition) is 7. The van der Waals surface area contributed by atoms with Crippen LogP contribution in [0.25, 0.3) is 55.0 Å². The van der Waals surface area contributed by atoms with E-state index in [0.717, 1.165) is 83.4 Å². The van der Waals surface area contributed by atoms with Crippen LogP contribution in [0.2, 0.25) is 0 Å². The fraction of sp³-hybridized carbons (Fsp3) is 0. The molecule has 0 bridgehead atoms. The van der Waals surface area contributed by atoms with Crippen LogP contribution in [0, 0.1) is 0 Å². The second-order valence-electron chi connectivity index (χ2n) is 17.2. The Morgan fingerprint density at radius 2 is 0.955 bits per heavy atom. The minimum absolute atomic E-state index is 0.342. The van der Waals surface area contributed by atoms with Crippen LogP contribution < -0.4 is 39.6 Å². The molecule has 7 nitrogen and oxygen atoms in total. The zero-order valence-corrected chi connectivity index (χ0v) is 35.1. The van der Waals surface area contributed by atoms with Crippen LogP contribution >= 0.6 is 0 Å². The quantitative estimate of drug-likeness (QED) is 0.164. The summed E-state index contributed by atoms with van der Waals surface area (Å²) in [4.78, 5) is 4.84. The van der Waals surface area contributed by atoms with Crippen LogP contribution in [0.5, 0.6) is 46.0 Å². The summed E-state index contributed by atoms with van der Waals surface area (Å²) in [7, 11) is 0. The van der Waals surface area contributed by atoms with Crippen molar-refractivity contribution in [3.63, 3.8) is 0 Å². The first-order valence-corrected chi connectivity index (χ1v) is 22.2. The molecule has 0 unspecified atom stereocenters. The van der Waals surface area contributed by atoms with E-state index >= 15 is 0 Å². The number of para-hydroxylation sites is 5. The van der Waals surface area contributed by atoms with E-state index in [1.807, 2.05) is 60.7 Å². The van der Waals surface area contributed by atoms with Crippen molar-refractivity contribution < 1.29 is 23.4 Å². The van der Waals surface area contributed by atoms with Gasteiger partial charge in [0.15, 0.2) is 51.6 Å². The van der Waals surface area contributed by atoms with Gasteiger partial charge in [-0.1, -0.05) is 109 Å². The molecule has 5 heterocycles. The molecule has 11 aromatic rings. The highest BCUT2D eigenvalue weighted by molar-refractivity contribution is 6.94. The Kier molecular flexibility index (Phi) is 7.18. The Morgan fingerprint density at radius 1 is 0.379 bits per heavy atom. The summed E-state index contributed by atoms with van der Waals surface area (Å²) in [5.41, 5.74) is 13.2. The minimum Gasteiger partial charge on any atom is -0.454 e. The largest absolute Gasteiger partial charge is 0.454 e. The van der Waals surface area contributed by atoms with Crippen molar-refractivity contribution >= 4 is 78.9 Å². The Labute approximate surface area is 378 Å². The van der Waals surface area contributed by atoms with Crippen LogP contribution in [-0.2, 0) is 0 Å². The maximum absolute atomic E-state index is 7.10. The average molecular weight is 849 g/mol. The van der Waals surface area contributed by atoms with Crippen molar-refractivity contribution in [1.82, 2.24) is 0 Å². The minimum atomic E-state index is -0.342. The summed E-state index contributed by atoms with van der Waals surface area (Å²) in [5, 5.41) is 4.41. The van der Waals surface area contributed by atoms with E-state index < -0.39 is 0 Å². The van der Waals surface area contributed by atoms with Crippen molar-refractivity contribution in [3.05, 3.63) is 200 Å². The number of rotatable bonds is 3. The molecule has 0 radical (unpaired) electrons. The summed E-state index contributed by atoms with van der Waals surface area (Å²) < 4.78 is 33.6. The summed E-state index contributed by atoms with van der Waals surface area (Å²) in [6, 6.07) is 69.6. The van der Waals surface area contributed by atoms with E-state index in [1.54, 1.807) is 0 Å². The number of fused-ring (bicyclic) bond motifs is 13. The number of furan rings is 1. The molecule has 308 valence electrons. The van der Waals surface area contributed by atoms with Gasteiger partial charge in [0, 0.05) is 45.5 Å². The molecule has 0 aliphatic carbocycles. The van der Waals surface area contributed by atoms with Crippen LogP contribution in [0.4, 0.5) is 28.4 Å². The Hall–Kier alpha value is -8.88. The van der Waals surface area contributed by atoms with Crippen molar-refractivity contribution in [2.75, 3.05) is 9.71 Å². The summed E-state index contributed by atoms with van der Waals surface area (Å²) >= 11 is 0. The molecule has 0 atom stereocenters. The molecule has 0 N–H and O–H groups in total. The van der Waals surface area contributed by atoms with Gasteiger partial charge < -0.3 is 33.1 Å². The fourth-order valence-corrected chi connectivity index (χ4v) is 10.6. The van der Waals surface area contributed by atoms with Gasteiger partial charge >= 0.3 is 6.85 Å². The topological polar surface area (TPSA) is 56.5 Å². The highest BCUT2D eigenvalue weighted by Gasteiger charge is 2.48. The summed E-state index contributed by atoms with van der Waals surface area (Å²) in [5.74, 6) is 5.18. The van der Waals surface area contributed by atoms with E-state index in [1.165, 1.54) is 10.9 Å². The number of anilines is 5. The van der Waals surface area contributed by atoms with Gasteiger partial charge in [0.25, 0.3) is 0 Å². The monoisotopic (exact) mass is 848 g/mol. The lowest BCUT2D eigenvalue weighted by atomic mass is 9.43. The van der Waals surface area contributed by atoms with Gasteiger partial charge in [-0.3, -0.25) is 0 Å². The highest BCUT2D eigenvalue weighted by Crippen LogP contribution is 2.55. The Bertz CT molecular complexity index is 3870. The van der Waals surface area contributed by atoms with Crippen molar-refractivity contribution in [2.45, 2.75) is 0 Å². The third-order valence-corrected chi connectivity index (χ3v) is 13.5. The molecule has 10 aromatic carbocycles. The Balaban J connectivity index is 1.06. The molecule has 0 saturated heterocycles. The average Bonchev–Trinajstić information content (AvgIpc) is 3.75. The lowest BCUT2D eigenvalue weighted by Crippen LogP contribution is -2.61. The highest BCUT2D eigenvalue weighted by atomic mass is 16.6. The van der Waals surface area contributed by atoms with Crippen LogP contribution in [0.1, 0.15) is 0 Å². The number of hydrogen-bond donors (Lipinski definition) is 0. The van der Waals surface area contributed by atoms with E-state index in [-0.39, 0.29) is 6.85 Å². The van der Waals surface area contributed by atoms with Crippen molar-refractivity contribution in [2.24, 2.45) is 0 Å². The number of nitrogens with zero attached hydrogens (tertiary/aromatic N) is 2. The molecule has 0 amide bonds. The van der Waals surface area contributed by atoms with Crippen molar-refractivity contribution in [1.29, 1.82) is 0 Å². The maximum atomic E-state index is 7.10. The zero-order chi connectivity index (χ0) is 43.0. The first-order valence-electron chi connectivity index (χ1n) is 22.2. The second kappa shape index (κ2) is 13.3. The Morgan fingerprint density at radius 3 is 1.70 bits per heavy atom. The summed E-state index contributed by atoms with van der Waals surface area (Å²) in [6.07, 6.45) is 0. The standard InChI is InChI=1S/C58H33BN2O5/c1-2-12-34(13-3-1)35-22-24-38(25-23-35)61-45-29-37-15-5-4-14-36(37)28-41(45)42-31-43-40-16-6-7-17-47(40)66-58(43)57-56(42)59(61)44-32-54-55(65-51-21-11-10-20-50(51)64-54)33-46(44)60(57)39-26-27-52-53(30-39)63-49-19-9-8-18-48(49)62-52/h1-33H. The lowest BCUT2D eigenvalue weighted by molar-refractivity contribution is 0.359. The smallest absolute Gasteiger partial charge is 0.333 e. The molecule has 4 aliphatic rings. The van der Waals surface area contributed by atoms with E-state index in [4.69, 9.17) is 23.4 Å². The normalized spacial score (nSPS) is 13.5. The van der Waals surface area contributed by atoms with E-state index in [0.29, 0.717) is 46.0 Å². The fourth-order valence-electron chi connectivity index (χ4n) is 10.6. The molecule has 8 heteroatoms. The molecule has 1 aromatic heterocycles. The molecule has 0 saturated carbocycles.